The Morgan fingerprint density at radius 1 is 1.07 bits per heavy atom. The number of carbonyl (C=O) groups is 1. The topological polar surface area (TPSA) is 84.9 Å². The minimum atomic E-state index is -3.73. The molecule has 0 bridgehead atoms. The summed E-state index contributed by atoms with van der Waals surface area (Å²) in [4.78, 5) is 12.6. The number of nitrogens with one attached hydrogen (secondary N) is 1. The molecule has 2 aromatic carbocycles. The Balaban J connectivity index is 2.09. The molecule has 7 nitrogen and oxygen atoms in total. The number of nitrogens with zero attached hydrogens (tertiary/aromatic N) is 1. The molecule has 2 aromatic rings. The first-order valence-electron chi connectivity index (χ1n) is 8.90. The van der Waals surface area contributed by atoms with E-state index >= 15 is 0 Å². The van der Waals surface area contributed by atoms with Crippen molar-refractivity contribution >= 4 is 15.9 Å². The van der Waals surface area contributed by atoms with Gasteiger partial charge >= 0.3 is 0 Å². The minimum Gasteiger partial charge on any atom is -0.493 e. The quantitative estimate of drug-likeness (QED) is 0.692. The summed E-state index contributed by atoms with van der Waals surface area (Å²) in [5.74, 6) is 0.766. The Bertz CT molecular complexity index is 900. The highest BCUT2D eigenvalue weighted by Crippen LogP contribution is 2.29. The van der Waals surface area contributed by atoms with E-state index in [9.17, 15) is 13.2 Å². The molecule has 0 saturated carbocycles. The maximum Gasteiger partial charge on any atom is 0.243 e. The molecule has 1 N–H and O–H groups in total. The van der Waals surface area contributed by atoms with Crippen LogP contribution in [-0.4, -0.2) is 45.9 Å². The molecule has 0 heterocycles. The van der Waals surface area contributed by atoms with Gasteiger partial charge in [-0.2, -0.15) is 4.31 Å². The molecule has 0 aliphatic rings. The number of sulfonamides is 1. The summed E-state index contributed by atoms with van der Waals surface area (Å²) in [5.41, 5.74) is 0.819. The first-order chi connectivity index (χ1) is 13.3. The van der Waals surface area contributed by atoms with E-state index in [-0.39, 0.29) is 29.9 Å². The standard InChI is InChI=1S/C20H26N2O5S/c1-5-22(28(24,25)17-9-7-6-8-10-17)14-20(23)21-15(2)16-11-12-18(26-3)19(13-16)27-4/h6-13,15H,5,14H2,1-4H3,(H,21,23)/t15-/m1/s1. The predicted octanol–water partition coefficient (Wildman–Crippen LogP) is 2.59. The van der Waals surface area contributed by atoms with Gasteiger partial charge in [0.15, 0.2) is 11.5 Å². The Labute approximate surface area is 166 Å². The van der Waals surface area contributed by atoms with Gasteiger partial charge in [-0.15, -0.1) is 0 Å². The molecule has 28 heavy (non-hydrogen) atoms. The molecule has 0 saturated heterocycles. The predicted molar refractivity (Wildman–Crippen MR) is 107 cm³/mol. The number of methoxy groups -OCH3 is 2. The second kappa shape index (κ2) is 9.57. The van der Waals surface area contributed by atoms with Crippen LogP contribution in [-0.2, 0) is 14.8 Å². The molecular weight excluding hydrogens is 380 g/mol. The van der Waals surface area contributed by atoms with Crippen molar-refractivity contribution < 1.29 is 22.7 Å². The number of ether oxygens (including phenoxy) is 2. The molecular formula is C20H26N2O5S. The summed E-state index contributed by atoms with van der Waals surface area (Å²) in [6.45, 7) is 3.45. The van der Waals surface area contributed by atoms with Crippen LogP contribution in [0.1, 0.15) is 25.5 Å². The maximum absolute atomic E-state index is 12.7. The molecule has 0 spiro atoms. The number of hydrogen-bond donors (Lipinski definition) is 1. The smallest absolute Gasteiger partial charge is 0.243 e. The number of carbonyl (C=O) groups excluding carboxylic acids is 1. The van der Waals surface area contributed by atoms with Gasteiger partial charge < -0.3 is 14.8 Å². The van der Waals surface area contributed by atoms with E-state index in [0.29, 0.717) is 11.5 Å². The lowest BCUT2D eigenvalue weighted by Crippen LogP contribution is -2.41. The molecule has 0 aliphatic carbocycles. The van der Waals surface area contributed by atoms with E-state index < -0.39 is 10.0 Å². The Morgan fingerprint density at radius 3 is 2.29 bits per heavy atom. The fourth-order valence-corrected chi connectivity index (χ4v) is 4.19. The van der Waals surface area contributed by atoms with Gasteiger partial charge in [0.1, 0.15) is 0 Å². The van der Waals surface area contributed by atoms with Crippen LogP contribution in [0.5, 0.6) is 11.5 Å². The van der Waals surface area contributed by atoms with E-state index in [1.807, 2.05) is 13.0 Å². The zero-order chi connectivity index (χ0) is 20.7. The summed E-state index contributed by atoms with van der Waals surface area (Å²) in [7, 11) is -0.639. The van der Waals surface area contributed by atoms with E-state index in [2.05, 4.69) is 5.32 Å². The number of benzene rings is 2. The third-order valence-electron chi connectivity index (χ3n) is 4.34. The molecule has 0 unspecified atom stereocenters. The van der Waals surface area contributed by atoms with Gasteiger partial charge in [0.05, 0.1) is 31.7 Å². The van der Waals surface area contributed by atoms with Crippen LogP contribution in [0.15, 0.2) is 53.4 Å². The summed E-state index contributed by atoms with van der Waals surface area (Å²) in [6.07, 6.45) is 0. The van der Waals surface area contributed by atoms with Crippen LogP contribution < -0.4 is 14.8 Å². The molecule has 0 aliphatic heterocycles. The zero-order valence-electron chi connectivity index (χ0n) is 16.5. The minimum absolute atomic E-state index is 0.164. The van der Waals surface area contributed by atoms with Crippen LogP contribution in [0.2, 0.25) is 0 Å². The second-order valence-electron chi connectivity index (χ2n) is 6.15. The average Bonchev–Trinajstić information content (AvgIpc) is 2.71. The Kier molecular flexibility index (Phi) is 7.42. The number of amides is 1. The summed E-state index contributed by atoms with van der Waals surface area (Å²) >= 11 is 0. The van der Waals surface area contributed by atoms with Crippen molar-refractivity contribution in [1.82, 2.24) is 9.62 Å². The molecule has 0 aromatic heterocycles. The van der Waals surface area contributed by atoms with Gasteiger partial charge in [-0.25, -0.2) is 8.42 Å². The van der Waals surface area contributed by atoms with Crippen LogP contribution in [0, 0.1) is 0 Å². The van der Waals surface area contributed by atoms with Gasteiger partial charge in [0.2, 0.25) is 15.9 Å². The van der Waals surface area contributed by atoms with Gasteiger partial charge in [-0.3, -0.25) is 4.79 Å². The van der Waals surface area contributed by atoms with Gasteiger partial charge in [0, 0.05) is 6.54 Å². The second-order valence-corrected chi connectivity index (χ2v) is 8.09. The SMILES string of the molecule is CCN(CC(=O)N[C@H](C)c1ccc(OC)c(OC)c1)S(=O)(=O)c1ccccc1. The Morgan fingerprint density at radius 2 is 1.71 bits per heavy atom. The molecule has 1 amide bonds. The van der Waals surface area contributed by atoms with Crippen molar-refractivity contribution in [2.75, 3.05) is 27.3 Å². The lowest BCUT2D eigenvalue weighted by atomic mass is 10.1. The van der Waals surface area contributed by atoms with Gasteiger partial charge in [0.25, 0.3) is 0 Å². The summed E-state index contributed by atoms with van der Waals surface area (Å²) in [5, 5.41) is 2.83. The lowest BCUT2D eigenvalue weighted by molar-refractivity contribution is -0.121. The Hall–Kier alpha value is -2.58. The van der Waals surface area contributed by atoms with Crippen molar-refractivity contribution in [3.8, 4) is 11.5 Å². The summed E-state index contributed by atoms with van der Waals surface area (Å²) in [6, 6.07) is 13.1. The molecule has 8 heteroatoms. The number of rotatable bonds is 9. The third-order valence-corrected chi connectivity index (χ3v) is 6.27. The van der Waals surface area contributed by atoms with E-state index in [1.54, 1.807) is 51.5 Å². The van der Waals surface area contributed by atoms with Crippen molar-refractivity contribution in [3.05, 3.63) is 54.1 Å². The average molecular weight is 407 g/mol. The molecule has 0 fully saturated rings. The number of hydrogen-bond acceptors (Lipinski definition) is 5. The van der Waals surface area contributed by atoms with E-state index in [4.69, 9.17) is 9.47 Å². The van der Waals surface area contributed by atoms with Crippen molar-refractivity contribution in [3.63, 3.8) is 0 Å². The van der Waals surface area contributed by atoms with E-state index in [0.717, 1.165) is 9.87 Å². The van der Waals surface area contributed by atoms with Gasteiger partial charge in [-0.1, -0.05) is 31.2 Å². The first kappa shape index (κ1) is 21.7. The monoisotopic (exact) mass is 406 g/mol. The molecule has 152 valence electrons. The van der Waals surface area contributed by atoms with Crippen LogP contribution in [0.25, 0.3) is 0 Å². The highest BCUT2D eigenvalue weighted by Gasteiger charge is 2.25. The van der Waals surface area contributed by atoms with Crippen LogP contribution >= 0.6 is 0 Å². The lowest BCUT2D eigenvalue weighted by Gasteiger charge is -2.22. The highest BCUT2D eigenvalue weighted by atomic mass is 32.2. The van der Waals surface area contributed by atoms with E-state index in [1.165, 1.54) is 12.1 Å². The van der Waals surface area contributed by atoms with Crippen molar-refractivity contribution in [2.45, 2.75) is 24.8 Å². The van der Waals surface area contributed by atoms with Crippen LogP contribution in [0.3, 0.4) is 0 Å². The fraction of sp³-hybridized carbons (Fsp3) is 0.350. The van der Waals surface area contributed by atoms with Crippen molar-refractivity contribution in [2.24, 2.45) is 0 Å². The number of likely N-dealkylation sites (N-methyl/N-ethyl adjacent to an activating group) is 1. The van der Waals surface area contributed by atoms with Crippen molar-refractivity contribution in [1.29, 1.82) is 0 Å². The zero-order valence-corrected chi connectivity index (χ0v) is 17.3. The largest absolute Gasteiger partial charge is 0.493 e. The van der Waals surface area contributed by atoms with Gasteiger partial charge in [-0.05, 0) is 36.8 Å². The normalized spacial score (nSPS) is 12.5. The molecule has 2 rings (SSSR count). The summed E-state index contributed by atoms with van der Waals surface area (Å²) < 4.78 is 37.1. The molecule has 1 atom stereocenters. The van der Waals surface area contributed by atoms with Crippen LogP contribution in [0.4, 0.5) is 0 Å². The maximum atomic E-state index is 12.7. The third kappa shape index (κ3) is 5.02. The highest BCUT2D eigenvalue weighted by molar-refractivity contribution is 7.89. The molecule has 0 radical (unpaired) electrons. The fourth-order valence-electron chi connectivity index (χ4n) is 2.76. The first-order valence-corrected chi connectivity index (χ1v) is 10.3.